The van der Waals surface area contributed by atoms with Crippen LogP contribution in [0.25, 0.3) is 33.5 Å². The van der Waals surface area contributed by atoms with Crippen LogP contribution in [0.2, 0.25) is 0 Å². The van der Waals surface area contributed by atoms with E-state index in [1.807, 2.05) is 31.2 Å². The first-order chi connectivity index (χ1) is 19.9. The Balaban J connectivity index is 1.60. The number of halogens is 1. The van der Waals surface area contributed by atoms with Crippen molar-refractivity contribution in [1.82, 2.24) is 9.66 Å². The standard InChI is InChI=1S/C30H26BrN3O7/c1-4-38-25-13-18(21(31)15-26(25)40-17-28(35)39-5-2)16-32-34-29(33-22-10-7-6-9-19(22)30(34)36)27-14-20-23(37-3)11-8-12-24(20)41-27/h6-16H,4-5,17H2,1-3H3. The first kappa shape index (κ1) is 27.9. The van der Waals surface area contributed by atoms with Crippen molar-refractivity contribution in [3.8, 4) is 28.8 Å². The van der Waals surface area contributed by atoms with Gasteiger partial charge in [-0.05, 0) is 72.2 Å². The molecule has 5 rings (SSSR count). The molecule has 0 aliphatic heterocycles. The molecule has 0 atom stereocenters. The Labute approximate surface area is 243 Å². The first-order valence-electron chi connectivity index (χ1n) is 12.8. The van der Waals surface area contributed by atoms with Crippen LogP contribution in [0, 0.1) is 0 Å². The van der Waals surface area contributed by atoms with E-state index in [9.17, 15) is 9.59 Å². The fourth-order valence-corrected chi connectivity index (χ4v) is 4.63. The second kappa shape index (κ2) is 12.3. The Morgan fingerprint density at radius 3 is 2.59 bits per heavy atom. The number of hydrogen-bond acceptors (Lipinski definition) is 9. The molecule has 0 radical (unpaired) electrons. The summed E-state index contributed by atoms with van der Waals surface area (Å²) in [6, 6.07) is 17.6. The van der Waals surface area contributed by atoms with Gasteiger partial charge in [0.05, 0.1) is 42.8 Å². The van der Waals surface area contributed by atoms with E-state index in [4.69, 9.17) is 28.3 Å². The summed E-state index contributed by atoms with van der Waals surface area (Å²) < 4.78 is 29.7. The molecule has 0 amide bonds. The number of methoxy groups -OCH3 is 1. The number of furan rings is 1. The van der Waals surface area contributed by atoms with Crippen LogP contribution < -0.4 is 19.8 Å². The van der Waals surface area contributed by atoms with Crippen LogP contribution in [0.4, 0.5) is 0 Å². The number of fused-ring (bicyclic) bond motifs is 2. The highest BCUT2D eigenvalue weighted by Crippen LogP contribution is 2.34. The molecule has 41 heavy (non-hydrogen) atoms. The van der Waals surface area contributed by atoms with Crippen LogP contribution in [-0.2, 0) is 9.53 Å². The zero-order valence-electron chi connectivity index (χ0n) is 22.5. The van der Waals surface area contributed by atoms with E-state index in [-0.39, 0.29) is 24.6 Å². The summed E-state index contributed by atoms with van der Waals surface area (Å²) in [6.45, 7) is 3.91. The van der Waals surface area contributed by atoms with E-state index in [0.29, 0.717) is 56.1 Å². The van der Waals surface area contributed by atoms with E-state index in [0.717, 1.165) is 5.39 Å². The summed E-state index contributed by atoms with van der Waals surface area (Å²) in [5.74, 6) is 1.46. The van der Waals surface area contributed by atoms with Crippen molar-refractivity contribution in [1.29, 1.82) is 0 Å². The van der Waals surface area contributed by atoms with Crippen molar-refractivity contribution in [3.63, 3.8) is 0 Å². The number of ether oxygens (including phenoxy) is 4. The Morgan fingerprint density at radius 2 is 1.80 bits per heavy atom. The first-order valence-corrected chi connectivity index (χ1v) is 13.6. The van der Waals surface area contributed by atoms with Crippen LogP contribution in [0.1, 0.15) is 19.4 Å². The fourth-order valence-electron chi connectivity index (χ4n) is 4.20. The highest BCUT2D eigenvalue weighted by atomic mass is 79.9. The summed E-state index contributed by atoms with van der Waals surface area (Å²) in [6.07, 6.45) is 1.51. The van der Waals surface area contributed by atoms with Crippen molar-refractivity contribution in [2.45, 2.75) is 13.8 Å². The minimum absolute atomic E-state index is 0.221. The molecule has 2 heterocycles. The third kappa shape index (κ3) is 5.80. The normalized spacial score (nSPS) is 11.3. The van der Waals surface area contributed by atoms with Gasteiger partial charge in [-0.15, -0.1) is 0 Å². The van der Waals surface area contributed by atoms with Gasteiger partial charge in [0.25, 0.3) is 5.56 Å². The number of para-hydroxylation sites is 1. The van der Waals surface area contributed by atoms with E-state index >= 15 is 0 Å². The lowest BCUT2D eigenvalue weighted by atomic mass is 10.2. The van der Waals surface area contributed by atoms with Gasteiger partial charge in [-0.25, -0.2) is 9.78 Å². The molecule has 2 aromatic heterocycles. The number of carbonyl (C=O) groups excluding carboxylic acids is 1. The van der Waals surface area contributed by atoms with Crippen LogP contribution in [0.15, 0.2) is 79.4 Å². The molecule has 10 nitrogen and oxygen atoms in total. The molecule has 0 spiro atoms. The molecule has 0 saturated carbocycles. The Bertz CT molecular complexity index is 1830. The second-order valence-corrected chi connectivity index (χ2v) is 9.50. The van der Waals surface area contributed by atoms with E-state index in [1.54, 1.807) is 50.4 Å². The molecule has 210 valence electrons. The van der Waals surface area contributed by atoms with Gasteiger partial charge in [0.15, 0.2) is 23.9 Å². The largest absolute Gasteiger partial charge is 0.496 e. The molecule has 0 saturated heterocycles. The molecule has 0 unspecified atom stereocenters. The number of nitrogens with zero attached hydrogens (tertiary/aromatic N) is 3. The maximum atomic E-state index is 13.6. The lowest BCUT2D eigenvalue weighted by molar-refractivity contribution is -0.145. The number of benzene rings is 3. The monoisotopic (exact) mass is 619 g/mol. The van der Waals surface area contributed by atoms with Gasteiger partial charge in [0.1, 0.15) is 11.3 Å². The topological polar surface area (TPSA) is 114 Å². The van der Waals surface area contributed by atoms with Gasteiger partial charge in [-0.3, -0.25) is 4.79 Å². The van der Waals surface area contributed by atoms with Gasteiger partial charge >= 0.3 is 5.97 Å². The molecule has 0 aliphatic rings. The van der Waals surface area contributed by atoms with Gasteiger partial charge < -0.3 is 23.4 Å². The van der Waals surface area contributed by atoms with Crippen molar-refractivity contribution >= 4 is 50.0 Å². The maximum absolute atomic E-state index is 13.6. The number of hydrogen-bond donors (Lipinski definition) is 0. The van der Waals surface area contributed by atoms with Crippen molar-refractivity contribution in [2.75, 3.05) is 26.9 Å². The highest BCUT2D eigenvalue weighted by Gasteiger charge is 2.18. The molecule has 11 heteroatoms. The lowest BCUT2D eigenvalue weighted by Crippen LogP contribution is -2.20. The Kier molecular flexibility index (Phi) is 8.34. The minimum atomic E-state index is -0.490. The zero-order chi connectivity index (χ0) is 28.9. The lowest BCUT2D eigenvalue weighted by Gasteiger charge is -2.13. The van der Waals surface area contributed by atoms with Crippen LogP contribution in [0.3, 0.4) is 0 Å². The van der Waals surface area contributed by atoms with Crippen LogP contribution in [-0.4, -0.2) is 48.8 Å². The van der Waals surface area contributed by atoms with Crippen LogP contribution >= 0.6 is 15.9 Å². The van der Waals surface area contributed by atoms with E-state index in [1.165, 1.54) is 10.9 Å². The molecule has 0 fully saturated rings. The minimum Gasteiger partial charge on any atom is -0.496 e. The van der Waals surface area contributed by atoms with Crippen molar-refractivity contribution in [2.24, 2.45) is 5.10 Å². The zero-order valence-corrected chi connectivity index (χ0v) is 24.1. The fraction of sp³-hybridized carbons (Fsp3) is 0.200. The summed E-state index contributed by atoms with van der Waals surface area (Å²) in [4.78, 5) is 30.1. The summed E-state index contributed by atoms with van der Waals surface area (Å²) >= 11 is 3.53. The van der Waals surface area contributed by atoms with Gasteiger partial charge in [-0.1, -0.05) is 18.2 Å². The molecule has 5 aromatic rings. The summed E-state index contributed by atoms with van der Waals surface area (Å²) in [5.41, 5.74) is 1.31. The predicted octanol–water partition coefficient (Wildman–Crippen LogP) is 5.80. The summed E-state index contributed by atoms with van der Waals surface area (Å²) in [7, 11) is 1.58. The maximum Gasteiger partial charge on any atom is 0.344 e. The predicted molar refractivity (Wildman–Crippen MR) is 158 cm³/mol. The molecular weight excluding hydrogens is 594 g/mol. The van der Waals surface area contributed by atoms with Crippen LogP contribution in [0.5, 0.6) is 17.2 Å². The molecule has 0 N–H and O–H groups in total. The molecule has 0 bridgehead atoms. The second-order valence-electron chi connectivity index (χ2n) is 8.64. The third-order valence-electron chi connectivity index (χ3n) is 6.04. The number of esters is 1. The smallest absolute Gasteiger partial charge is 0.344 e. The van der Waals surface area contributed by atoms with E-state index in [2.05, 4.69) is 21.0 Å². The quantitative estimate of drug-likeness (QED) is 0.142. The van der Waals surface area contributed by atoms with Gasteiger partial charge in [-0.2, -0.15) is 9.78 Å². The highest BCUT2D eigenvalue weighted by molar-refractivity contribution is 9.10. The average molecular weight is 620 g/mol. The molecule has 3 aromatic carbocycles. The van der Waals surface area contributed by atoms with Gasteiger partial charge in [0.2, 0.25) is 5.82 Å². The van der Waals surface area contributed by atoms with Crippen molar-refractivity contribution < 1.29 is 28.2 Å². The van der Waals surface area contributed by atoms with E-state index < -0.39 is 5.97 Å². The number of carbonyl (C=O) groups is 1. The number of aromatic nitrogens is 2. The Morgan fingerprint density at radius 1 is 1.00 bits per heavy atom. The van der Waals surface area contributed by atoms with Crippen molar-refractivity contribution in [3.05, 3.63) is 81.1 Å². The summed E-state index contributed by atoms with van der Waals surface area (Å²) in [5, 5.41) is 5.67. The average Bonchev–Trinajstić information content (AvgIpc) is 3.42. The van der Waals surface area contributed by atoms with Gasteiger partial charge in [0, 0.05) is 10.0 Å². The third-order valence-corrected chi connectivity index (χ3v) is 6.73. The molecule has 0 aliphatic carbocycles. The molecular formula is C30H26BrN3O7. The Hall–Kier alpha value is -4.64. The SMILES string of the molecule is CCOC(=O)COc1cc(Br)c(C=Nn2c(-c3cc4c(OC)cccc4o3)nc3ccccc3c2=O)cc1OCC. The number of rotatable bonds is 10.